The predicted octanol–water partition coefficient (Wildman–Crippen LogP) is 6.46. The van der Waals surface area contributed by atoms with Crippen molar-refractivity contribution in [2.24, 2.45) is 0 Å². The summed E-state index contributed by atoms with van der Waals surface area (Å²) >= 11 is -0.470. The number of unbranched alkanes of at least 4 members (excludes halogenated alkanes) is 5. The molecule has 0 saturated carbocycles. The molecule has 0 aliphatic rings. The minimum atomic E-state index is -1.28. The van der Waals surface area contributed by atoms with Crippen LogP contribution < -0.4 is 0 Å². The Labute approximate surface area is 138 Å². The van der Waals surface area contributed by atoms with Gasteiger partial charge in [0.05, 0.1) is 0 Å². The molecule has 1 radical (unpaired) electrons. The van der Waals surface area contributed by atoms with E-state index in [1.54, 1.807) is 0 Å². The largest absolute Gasteiger partial charge is 0.519 e. The molecule has 17 heavy (non-hydrogen) atoms. The molecule has 0 nitrogen and oxygen atoms in total. The monoisotopic (exact) mass is 375 g/mol. The predicted molar refractivity (Wildman–Crippen MR) is 92.7 cm³/mol. The summed E-state index contributed by atoms with van der Waals surface area (Å²) in [4.78, 5) is 0. The van der Waals surface area contributed by atoms with Gasteiger partial charge in [0.1, 0.15) is 0 Å². The molecule has 0 amide bonds. The number of halogens is 3. The second kappa shape index (κ2) is 23.2. The molecule has 0 spiro atoms. The molecular formula is C12H28Al2BrCl2. The van der Waals surface area contributed by atoms with Crippen molar-refractivity contribution in [2.75, 3.05) is 0 Å². The van der Waals surface area contributed by atoms with Crippen LogP contribution >= 0.6 is 37.1 Å². The van der Waals surface area contributed by atoms with Crippen molar-refractivity contribution >= 4 is 64.6 Å². The van der Waals surface area contributed by atoms with E-state index in [0.717, 1.165) is 20.5 Å². The van der Waals surface area contributed by atoms with Gasteiger partial charge in [-0.1, -0.05) is 64.6 Å². The summed E-state index contributed by atoms with van der Waals surface area (Å²) < 4.78 is 0. The molecule has 0 rings (SSSR count). The van der Waals surface area contributed by atoms with Gasteiger partial charge in [0.15, 0.2) is 15.2 Å². The molecule has 0 aliphatic heterocycles. The molecule has 0 N–H and O–H groups in total. The Balaban J connectivity index is -0.000000280. The smallest absolute Gasteiger partial charge is 0.234 e. The summed E-state index contributed by atoms with van der Waals surface area (Å²) in [5.41, 5.74) is 0. The Morgan fingerprint density at radius 3 is 1.65 bits per heavy atom. The highest BCUT2D eigenvalue weighted by molar-refractivity contribution is 8.93. The van der Waals surface area contributed by atoms with E-state index in [-0.39, 0.29) is 17.0 Å². The van der Waals surface area contributed by atoms with Crippen LogP contribution in [0.5, 0.6) is 0 Å². The van der Waals surface area contributed by atoms with Gasteiger partial charge >= 0.3 is 12.3 Å². The number of rotatable bonds is 9. The van der Waals surface area contributed by atoms with Crippen molar-refractivity contribution in [3.8, 4) is 0 Å². The van der Waals surface area contributed by atoms with Crippen LogP contribution in [0.2, 0.25) is 15.8 Å². The first-order valence-corrected chi connectivity index (χ1v) is 12.7. The zero-order valence-corrected chi connectivity index (χ0v) is 17.2. The highest BCUT2D eigenvalue weighted by atomic mass is 79.9. The molecule has 0 bridgehead atoms. The lowest BCUT2D eigenvalue weighted by molar-refractivity contribution is 0.624. The summed E-state index contributed by atoms with van der Waals surface area (Å²) in [6.45, 7) is 6.73. The quantitative estimate of drug-likeness (QED) is 0.320. The molecular weight excluding hydrogens is 349 g/mol. The van der Waals surface area contributed by atoms with E-state index in [1.807, 2.05) is 0 Å². The average Bonchev–Trinajstić information content (AvgIpc) is 2.25. The van der Waals surface area contributed by atoms with Crippen LogP contribution in [0.25, 0.3) is 0 Å². The first-order chi connectivity index (χ1) is 7.68. The summed E-state index contributed by atoms with van der Waals surface area (Å²) in [7, 11) is 11.4. The van der Waals surface area contributed by atoms with E-state index < -0.39 is 12.3 Å². The Kier molecular flexibility index (Phi) is 33.0. The topological polar surface area (TPSA) is 0 Å². The summed E-state index contributed by atoms with van der Waals surface area (Å²) in [5.74, 6) is 0. The van der Waals surface area contributed by atoms with Crippen LogP contribution in [0.15, 0.2) is 0 Å². The molecule has 0 aromatic carbocycles. The van der Waals surface area contributed by atoms with Crippen LogP contribution in [0.1, 0.15) is 59.3 Å². The van der Waals surface area contributed by atoms with Crippen LogP contribution in [-0.4, -0.2) is 27.5 Å². The molecule has 0 aromatic heterocycles. The van der Waals surface area contributed by atoms with Crippen molar-refractivity contribution in [3.05, 3.63) is 0 Å². The van der Waals surface area contributed by atoms with E-state index in [9.17, 15) is 0 Å². The summed E-state index contributed by atoms with van der Waals surface area (Å²) in [6, 6.07) is 0. The first-order valence-electron chi connectivity index (χ1n) is 6.78. The van der Waals surface area contributed by atoms with Crippen molar-refractivity contribution < 1.29 is 0 Å². The van der Waals surface area contributed by atoms with Gasteiger partial charge in [0.25, 0.3) is 0 Å². The molecule has 0 fully saturated rings. The molecule has 0 aliphatic carbocycles. The Morgan fingerprint density at radius 1 is 0.824 bits per heavy atom. The van der Waals surface area contributed by atoms with E-state index in [2.05, 4.69) is 20.8 Å². The van der Waals surface area contributed by atoms with Gasteiger partial charge in [-0.3, -0.25) is 0 Å². The highest BCUT2D eigenvalue weighted by Gasteiger charge is 2.08. The van der Waals surface area contributed by atoms with E-state index >= 15 is 0 Å². The third kappa shape index (κ3) is 32.1. The first kappa shape index (κ1) is 24.2. The van der Waals surface area contributed by atoms with Gasteiger partial charge in [0.2, 0.25) is 0 Å². The number of hydrogen-bond donors (Lipinski definition) is 0. The Morgan fingerprint density at radius 2 is 1.29 bits per heavy atom. The lowest BCUT2D eigenvalue weighted by atomic mass is 10.1. The van der Waals surface area contributed by atoms with Gasteiger partial charge < -0.3 is 0 Å². The van der Waals surface area contributed by atoms with Gasteiger partial charge in [0, 0.05) is 0 Å². The Bertz CT molecular complexity index is 115. The normalized spacial score (nSPS) is 8.76. The third-order valence-electron chi connectivity index (χ3n) is 2.35. The molecule has 103 valence electrons. The SMILES string of the molecule is Br.CCCCCCC[CH2][Al]([Cl])[Cl].C[CH2][Al][CH2]C. The second-order valence-electron chi connectivity index (χ2n) is 4.05. The highest BCUT2D eigenvalue weighted by Crippen LogP contribution is 2.12. The lowest BCUT2D eigenvalue weighted by Gasteiger charge is -1.98. The lowest BCUT2D eigenvalue weighted by Crippen LogP contribution is -1.90. The fraction of sp³-hybridized carbons (Fsp3) is 1.00. The third-order valence-corrected chi connectivity index (χ3v) is 5.66. The average molecular weight is 377 g/mol. The molecule has 0 unspecified atom stereocenters. The molecule has 0 atom stereocenters. The molecule has 0 saturated heterocycles. The standard InChI is InChI=1S/C8H17.2C2H5.2Al.BrH.2ClH/c1-3-5-7-8-6-4-2;2*1-2;;;;;/h1,3-8H2,2H3;2*1H2,2H3;;;3*1H/q;;;;+2;;;/p-2. The van der Waals surface area contributed by atoms with Crippen LogP contribution in [0.3, 0.4) is 0 Å². The zero-order chi connectivity index (χ0) is 12.6. The van der Waals surface area contributed by atoms with Crippen molar-refractivity contribution in [1.29, 1.82) is 0 Å². The van der Waals surface area contributed by atoms with E-state index in [1.165, 1.54) is 49.1 Å². The van der Waals surface area contributed by atoms with Crippen molar-refractivity contribution in [1.82, 2.24) is 0 Å². The molecule has 0 heterocycles. The van der Waals surface area contributed by atoms with E-state index in [0.29, 0.717) is 0 Å². The van der Waals surface area contributed by atoms with Crippen LogP contribution in [0.4, 0.5) is 0 Å². The maximum atomic E-state index is 5.72. The minimum Gasteiger partial charge on any atom is -0.234 e. The fourth-order valence-electron chi connectivity index (χ4n) is 1.37. The van der Waals surface area contributed by atoms with Crippen LogP contribution in [-0.2, 0) is 0 Å². The van der Waals surface area contributed by atoms with Crippen molar-refractivity contribution in [2.45, 2.75) is 75.1 Å². The number of hydrogen-bond acceptors (Lipinski definition) is 0. The van der Waals surface area contributed by atoms with Gasteiger partial charge in [-0.15, -0.1) is 27.5 Å². The van der Waals surface area contributed by atoms with E-state index in [4.69, 9.17) is 20.1 Å². The zero-order valence-electron chi connectivity index (χ0n) is 11.7. The van der Waals surface area contributed by atoms with Gasteiger partial charge in [-0.25, -0.2) is 20.1 Å². The maximum absolute atomic E-state index is 5.72. The second-order valence-corrected chi connectivity index (χ2v) is 11.5. The fourth-order valence-corrected chi connectivity index (χ4v) is 3.47. The minimum absolute atomic E-state index is 0. The summed E-state index contributed by atoms with van der Waals surface area (Å²) in [6.07, 6.45) is 8.01. The molecule has 0 aromatic rings. The maximum Gasteiger partial charge on any atom is 0.519 e. The van der Waals surface area contributed by atoms with Crippen molar-refractivity contribution in [3.63, 3.8) is 0 Å². The molecule has 5 heteroatoms. The summed E-state index contributed by atoms with van der Waals surface area (Å²) in [5, 5.41) is 3.95. The van der Waals surface area contributed by atoms with Crippen LogP contribution in [0, 0.1) is 0 Å². The Hall–Kier alpha value is 2.12. The van der Waals surface area contributed by atoms with Gasteiger partial charge in [-0.2, -0.15) is 0 Å². The van der Waals surface area contributed by atoms with Gasteiger partial charge in [-0.05, 0) is 0 Å².